The third kappa shape index (κ3) is 3.68. The molecule has 1 aromatic carbocycles. The monoisotopic (exact) mass is 240 g/mol. The van der Waals surface area contributed by atoms with Crippen molar-refractivity contribution in [3.05, 3.63) is 40.4 Å². The number of carbonyl (C=O) groups is 1. The van der Waals surface area contributed by atoms with Crippen molar-refractivity contribution < 1.29 is 15.0 Å². The summed E-state index contributed by atoms with van der Waals surface area (Å²) in [5, 5.41) is 18.8. The molecule has 0 aliphatic carbocycles. The van der Waals surface area contributed by atoms with Crippen LogP contribution >= 0.6 is 11.6 Å². The topological polar surface area (TPSA) is 57.5 Å². The minimum atomic E-state index is -1.02. The second kappa shape index (κ2) is 4.68. The van der Waals surface area contributed by atoms with Crippen LogP contribution in [0.4, 0.5) is 0 Å². The molecule has 0 amide bonds. The van der Waals surface area contributed by atoms with Crippen LogP contribution in [-0.4, -0.2) is 16.2 Å². The Labute approximate surface area is 99.0 Å². The third-order valence-electron chi connectivity index (χ3n) is 2.04. The molecule has 0 saturated heterocycles. The first-order chi connectivity index (χ1) is 7.29. The highest BCUT2D eigenvalue weighted by Crippen LogP contribution is 2.25. The van der Waals surface area contributed by atoms with Crippen LogP contribution in [0.25, 0.3) is 6.08 Å². The van der Waals surface area contributed by atoms with Crippen LogP contribution in [0.2, 0.25) is 5.02 Å². The van der Waals surface area contributed by atoms with Crippen LogP contribution in [0.15, 0.2) is 24.3 Å². The van der Waals surface area contributed by atoms with E-state index < -0.39 is 11.6 Å². The Morgan fingerprint density at radius 1 is 1.38 bits per heavy atom. The number of aliphatic carboxylic acids is 1. The maximum Gasteiger partial charge on any atom is 0.328 e. The van der Waals surface area contributed by atoms with E-state index in [1.807, 2.05) is 0 Å². The molecule has 0 spiro atoms. The first-order valence-electron chi connectivity index (χ1n) is 4.73. The van der Waals surface area contributed by atoms with Gasteiger partial charge in [-0.25, -0.2) is 4.79 Å². The van der Waals surface area contributed by atoms with Crippen LogP contribution in [-0.2, 0) is 10.4 Å². The van der Waals surface area contributed by atoms with Crippen molar-refractivity contribution in [2.24, 2.45) is 0 Å². The number of carboxylic acids is 1. The molecular formula is C12H13ClO3. The highest BCUT2D eigenvalue weighted by atomic mass is 35.5. The minimum absolute atomic E-state index is 0.463. The zero-order valence-corrected chi connectivity index (χ0v) is 9.82. The zero-order chi connectivity index (χ0) is 12.3. The fraction of sp³-hybridized carbons (Fsp3) is 0.250. The molecule has 0 heterocycles. The van der Waals surface area contributed by atoms with Gasteiger partial charge < -0.3 is 10.2 Å². The molecule has 0 unspecified atom stereocenters. The molecule has 0 atom stereocenters. The Kier molecular flexibility index (Phi) is 3.73. The summed E-state index contributed by atoms with van der Waals surface area (Å²) in [6, 6.07) is 4.99. The molecule has 4 heteroatoms. The van der Waals surface area contributed by atoms with Crippen molar-refractivity contribution in [1.29, 1.82) is 0 Å². The van der Waals surface area contributed by atoms with Gasteiger partial charge in [-0.05, 0) is 49.2 Å². The molecule has 0 fully saturated rings. The molecule has 3 nitrogen and oxygen atoms in total. The molecule has 16 heavy (non-hydrogen) atoms. The molecule has 0 bridgehead atoms. The molecule has 1 rings (SSSR count). The van der Waals surface area contributed by atoms with Gasteiger partial charge in [-0.15, -0.1) is 0 Å². The van der Waals surface area contributed by atoms with Gasteiger partial charge in [0.1, 0.15) is 0 Å². The summed E-state index contributed by atoms with van der Waals surface area (Å²) < 4.78 is 0. The molecule has 0 saturated carbocycles. The van der Waals surface area contributed by atoms with Crippen LogP contribution in [0, 0.1) is 0 Å². The maximum atomic E-state index is 10.4. The number of carboxylic acid groups (broad SMARTS) is 1. The van der Waals surface area contributed by atoms with E-state index in [9.17, 15) is 9.90 Å². The maximum absolute atomic E-state index is 10.4. The summed E-state index contributed by atoms with van der Waals surface area (Å²) in [6.45, 7) is 3.28. The van der Waals surface area contributed by atoms with Gasteiger partial charge in [0.15, 0.2) is 0 Å². The number of hydrogen-bond donors (Lipinski definition) is 2. The molecule has 0 aromatic heterocycles. The molecule has 1 aromatic rings. The lowest BCUT2D eigenvalue weighted by Gasteiger charge is -2.18. The Morgan fingerprint density at radius 2 is 2.00 bits per heavy atom. The van der Waals surface area contributed by atoms with Crippen molar-refractivity contribution in [3.8, 4) is 0 Å². The van der Waals surface area contributed by atoms with Crippen LogP contribution in [0.3, 0.4) is 0 Å². The SMILES string of the molecule is CC(C)(O)c1cc(Cl)cc(/C=C/C(=O)O)c1. The van der Waals surface area contributed by atoms with Gasteiger partial charge in [0.05, 0.1) is 5.60 Å². The fourth-order valence-electron chi connectivity index (χ4n) is 1.23. The van der Waals surface area contributed by atoms with E-state index in [-0.39, 0.29) is 0 Å². The molecule has 0 radical (unpaired) electrons. The van der Waals surface area contributed by atoms with Crippen molar-refractivity contribution in [2.45, 2.75) is 19.4 Å². The number of halogens is 1. The van der Waals surface area contributed by atoms with E-state index >= 15 is 0 Å². The van der Waals surface area contributed by atoms with E-state index in [2.05, 4.69) is 0 Å². The summed E-state index contributed by atoms with van der Waals surface area (Å²) in [6.07, 6.45) is 2.46. The quantitative estimate of drug-likeness (QED) is 0.799. The van der Waals surface area contributed by atoms with Crippen molar-refractivity contribution in [1.82, 2.24) is 0 Å². The molecule has 86 valence electrons. The molecule has 0 aliphatic rings. The van der Waals surface area contributed by atoms with Gasteiger partial charge in [-0.1, -0.05) is 11.6 Å². The Balaban J connectivity index is 3.13. The Morgan fingerprint density at radius 3 is 2.50 bits per heavy atom. The number of benzene rings is 1. The number of hydrogen-bond acceptors (Lipinski definition) is 2. The van der Waals surface area contributed by atoms with E-state index in [1.54, 1.807) is 32.0 Å². The lowest BCUT2D eigenvalue weighted by atomic mass is 9.96. The normalized spacial score (nSPS) is 12.0. The summed E-state index contributed by atoms with van der Waals surface area (Å²) in [5.74, 6) is -1.02. The highest BCUT2D eigenvalue weighted by molar-refractivity contribution is 6.30. The minimum Gasteiger partial charge on any atom is -0.478 e. The van der Waals surface area contributed by atoms with Crippen molar-refractivity contribution in [3.63, 3.8) is 0 Å². The fourth-order valence-corrected chi connectivity index (χ4v) is 1.47. The van der Waals surface area contributed by atoms with Crippen LogP contribution < -0.4 is 0 Å². The van der Waals surface area contributed by atoms with Gasteiger partial charge >= 0.3 is 5.97 Å². The lowest BCUT2D eigenvalue weighted by molar-refractivity contribution is -0.131. The smallest absolute Gasteiger partial charge is 0.328 e. The largest absolute Gasteiger partial charge is 0.478 e. The van der Waals surface area contributed by atoms with E-state index in [0.717, 1.165) is 6.08 Å². The van der Waals surface area contributed by atoms with Crippen molar-refractivity contribution >= 4 is 23.6 Å². The number of rotatable bonds is 3. The van der Waals surface area contributed by atoms with E-state index in [4.69, 9.17) is 16.7 Å². The van der Waals surface area contributed by atoms with Gasteiger partial charge in [-0.3, -0.25) is 0 Å². The van der Waals surface area contributed by atoms with Crippen LogP contribution in [0.1, 0.15) is 25.0 Å². The predicted octanol–water partition coefficient (Wildman–Crippen LogP) is 2.67. The second-order valence-corrected chi connectivity index (χ2v) is 4.44. The van der Waals surface area contributed by atoms with Crippen LogP contribution in [0.5, 0.6) is 0 Å². The molecular weight excluding hydrogens is 228 g/mol. The third-order valence-corrected chi connectivity index (χ3v) is 2.26. The molecule has 2 N–H and O–H groups in total. The highest BCUT2D eigenvalue weighted by Gasteiger charge is 2.16. The summed E-state index contributed by atoms with van der Waals surface area (Å²) in [4.78, 5) is 10.4. The van der Waals surface area contributed by atoms with Gasteiger partial charge in [-0.2, -0.15) is 0 Å². The predicted molar refractivity (Wildman–Crippen MR) is 63.4 cm³/mol. The summed E-state index contributed by atoms with van der Waals surface area (Å²) >= 11 is 5.88. The first kappa shape index (κ1) is 12.7. The average molecular weight is 241 g/mol. The van der Waals surface area contributed by atoms with Gasteiger partial charge in [0.25, 0.3) is 0 Å². The lowest BCUT2D eigenvalue weighted by Crippen LogP contribution is -2.15. The average Bonchev–Trinajstić information content (AvgIpc) is 2.12. The summed E-state index contributed by atoms with van der Waals surface area (Å²) in [5.41, 5.74) is 0.286. The van der Waals surface area contributed by atoms with E-state index in [0.29, 0.717) is 16.1 Å². The summed E-state index contributed by atoms with van der Waals surface area (Å²) in [7, 11) is 0. The Bertz CT molecular complexity index is 430. The molecule has 0 aliphatic heterocycles. The standard InChI is InChI=1S/C12H13ClO3/c1-12(2,16)9-5-8(3-4-11(14)15)6-10(13)7-9/h3-7,16H,1-2H3,(H,14,15)/b4-3+. The Hall–Kier alpha value is -1.32. The second-order valence-electron chi connectivity index (χ2n) is 4.00. The van der Waals surface area contributed by atoms with Gasteiger partial charge in [0.2, 0.25) is 0 Å². The number of aliphatic hydroxyl groups is 1. The zero-order valence-electron chi connectivity index (χ0n) is 9.07. The van der Waals surface area contributed by atoms with E-state index in [1.165, 1.54) is 6.08 Å². The van der Waals surface area contributed by atoms with Gasteiger partial charge in [0, 0.05) is 11.1 Å². The van der Waals surface area contributed by atoms with Crippen molar-refractivity contribution in [2.75, 3.05) is 0 Å². The first-order valence-corrected chi connectivity index (χ1v) is 5.11.